The van der Waals surface area contributed by atoms with Crippen LogP contribution in [0.2, 0.25) is 0 Å². The fourth-order valence-electron chi connectivity index (χ4n) is 4.84. The van der Waals surface area contributed by atoms with Crippen molar-refractivity contribution in [2.24, 2.45) is 0 Å². The predicted octanol–water partition coefficient (Wildman–Crippen LogP) is 0.339. The third-order valence-corrected chi connectivity index (χ3v) is 9.66. The minimum absolute atomic E-state index is 0.0282. The Bertz CT molecular complexity index is 1930. The average molecular weight is 677 g/mol. The van der Waals surface area contributed by atoms with Gasteiger partial charge in [-0.3, -0.25) is 41.8 Å². The van der Waals surface area contributed by atoms with Gasteiger partial charge in [0.25, 0.3) is 5.56 Å². The molecular weight excluding hydrogens is 652 g/mol. The van der Waals surface area contributed by atoms with Crippen molar-refractivity contribution >= 4 is 60.3 Å². The summed E-state index contributed by atoms with van der Waals surface area (Å²) in [6, 6.07) is 0. The number of nitrogen functional groups attached to an aromatic ring is 2. The van der Waals surface area contributed by atoms with Crippen LogP contribution in [0.4, 0.5) is 11.8 Å². The van der Waals surface area contributed by atoms with Gasteiger partial charge in [0.1, 0.15) is 29.2 Å². The van der Waals surface area contributed by atoms with Gasteiger partial charge in [0.15, 0.2) is 29.3 Å². The Hall–Kier alpha value is -3.14. The van der Waals surface area contributed by atoms with Crippen LogP contribution in [0.1, 0.15) is 31.7 Å². The molecule has 2 fully saturated rings. The highest BCUT2D eigenvalue weighted by Crippen LogP contribution is 2.52. The van der Waals surface area contributed by atoms with Crippen molar-refractivity contribution in [1.29, 1.82) is 0 Å². The molecule has 7 N–H and O–H groups in total. The molecule has 0 aliphatic carbocycles. The van der Waals surface area contributed by atoms with Gasteiger partial charge in [-0.1, -0.05) is 11.3 Å². The number of anilines is 2. The Morgan fingerprint density at radius 3 is 2.68 bits per heavy atom. The summed E-state index contributed by atoms with van der Waals surface area (Å²) < 4.78 is 59.6. The summed E-state index contributed by atoms with van der Waals surface area (Å²) in [5.41, 5.74) is 11.2. The van der Waals surface area contributed by atoms with E-state index in [1.54, 1.807) is 0 Å². The predicted molar refractivity (Wildman–Crippen MR) is 149 cm³/mol. The van der Waals surface area contributed by atoms with Crippen LogP contribution in [0.25, 0.3) is 21.5 Å². The smallest absolute Gasteiger partial charge is 0.382 e. The lowest BCUT2D eigenvalue weighted by molar-refractivity contribution is -0.114. The summed E-state index contributed by atoms with van der Waals surface area (Å²) in [7, 11) is -8.35. The molecule has 24 heteroatoms. The maximum atomic E-state index is 13.2. The number of aromatic nitrogens is 7. The zero-order valence-electron chi connectivity index (χ0n) is 22.5. The van der Waals surface area contributed by atoms with Gasteiger partial charge in [0, 0.05) is 20.0 Å². The lowest BCUT2D eigenvalue weighted by atomic mass is 10.2. The van der Waals surface area contributed by atoms with Crippen LogP contribution in [0.3, 0.4) is 0 Å². The number of nitrogens with two attached hydrogens (primary N) is 2. The van der Waals surface area contributed by atoms with Crippen LogP contribution in [-0.4, -0.2) is 76.1 Å². The summed E-state index contributed by atoms with van der Waals surface area (Å²) >= 11 is 0.724. The first-order valence-corrected chi connectivity index (χ1v) is 16.5. The van der Waals surface area contributed by atoms with Gasteiger partial charge in [-0.25, -0.2) is 24.1 Å². The van der Waals surface area contributed by atoms with E-state index in [0.717, 1.165) is 29.3 Å². The molecule has 2 saturated heterocycles. The van der Waals surface area contributed by atoms with Crippen molar-refractivity contribution in [3.63, 3.8) is 0 Å². The van der Waals surface area contributed by atoms with E-state index < -0.39 is 63.6 Å². The fourth-order valence-corrected chi connectivity index (χ4v) is 7.20. The van der Waals surface area contributed by atoms with E-state index in [1.807, 2.05) is 0 Å². The first-order chi connectivity index (χ1) is 20.8. The van der Waals surface area contributed by atoms with Crippen LogP contribution >= 0.6 is 27.0 Å². The molecule has 7 atom stereocenters. The molecule has 4 aromatic rings. The van der Waals surface area contributed by atoms with Gasteiger partial charge in [0.05, 0.1) is 19.0 Å². The van der Waals surface area contributed by atoms with E-state index in [-0.39, 0.29) is 52.5 Å². The van der Waals surface area contributed by atoms with E-state index in [2.05, 4.69) is 29.4 Å². The Balaban J connectivity index is 1.21. The second kappa shape index (κ2) is 11.7. The Kier molecular flexibility index (Phi) is 8.18. The van der Waals surface area contributed by atoms with E-state index in [9.17, 15) is 28.5 Å². The number of H-pyrrole nitrogens is 1. The maximum absolute atomic E-state index is 13.2. The number of hydrogen-bond acceptors (Lipinski definition) is 17. The standard InChI is InChI=1S/C20H25N9O12P2S/c1-36-42(32,33)37-5-8-4-9(18(38-8)29-16-13(44-20(29)31)14(21)23-6-24-16)40-43(34,35)41-11-3-2-10(39-11)28-7-25-12-15(28)26-19(22)27-17(12)30/h6-11,18H,2-5H2,1H3,(H,32,33)(H,34,35)(H2,21,23,24)(H3,22,26,27,30)/t8-,9?,10+,11+,18+/m0/s1. The van der Waals surface area contributed by atoms with Crippen LogP contribution in [0.5, 0.6) is 0 Å². The number of nitrogens with zero attached hydrogens (tertiary/aromatic N) is 6. The molecule has 238 valence electrons. The van der Waals surface area contributed by atoms with Gasteiger partial charge < -0.3 is 30.7 Å². The number of rotatable bonds is 10. The van der Waals surface area contributed by atoms with Gasteiger partial charge in [-0.2, -0.15) is 4.98 Å². The minimum Gasteiger partial charge on any atom is -0.382 e. The highest BCUT2D eigenvalue weighted by molar-refractivity contribution is 7.47. The molecule has 2 aliphatic heterocycles. The molecular formula is C20H25N9O12P2S. The third kappa shape index (κ3) is 6.06. The number of phosphoric ester groups is 2. The van der Waals surface area contributed by atoms with Crippen molar-refractivity contribution in [1.82, 2.24) is 34.1 Å². The number of imidazole rings is 1. The first kappa shape index (κ1) is 30.9. The summed E-state index contributed by atoms with van der Waals surface area (Å²) in [6.07, 6.45) is -2.95. The number of hydrogen-bond donors (Lipinski definition) is 5. The Labute approximate surface area is 248 Å². The molecule has 6 heterocycles. The van der Waals surface area contributed by atoms with Crippen LogP contribution in [-0.2, 0) is 36.7 Å². The second-order valence-electron chi connectivity index (χ2n) is 9.57. The molecule has 0 aromatic carbocycles. The van der Waals surface area contributed by atoms with Gasteiger partial charge in [-0.15, -0.1) is 0 Å². The van der Waals surface area contributed by atoms with E-state index in [1.165, 1.54) is 10.9 Å². The first-order valence-electron chi connectivity index (χ1n) is 12.7. The Morgan fingerprint density at radius 2 is 1.91 bits per heavy atom. The van der Waals surface area contributed by atoms with E-state index in [4.69, 9.17) is 34.5 Å². The maximum Gasteiger partial charge on any atom is 0.474 e. The molecule has 4 aromatic heterocycles. The monoisotopic (exact) mass is 677 g/mol. The van der Waals surface area contributed by atoms with E-state index >= 15 is 0 Å². The van der Waals surface area contributed by atoms with Crippen molar-refractivity contribution in [2.45, 2.75) is 50.2 Å². The molecule has 0 saturated carbocycles. The van der Waals surface area contributed by atoms with Crippen LogP contribution in [0, 0.1) is 0 Å². The summed E-state index contributed by atoms with van der Waals surface area (Å²) in [6.45, 7) is -0.490. The van der Waals surface area contributed by atoms with Crippen molar-refractivity contribution < 1.29 is 46.5 Å². The van der Waals surface area contributed by atoms with Gasteiger partial charge in [-0.05, 0) is 6.42 Å². The number of fused-ring (bicyclic) bond motifs is 2. The molecule has 2 aliphatic rings. The Morgan fingerprint density at radius 1 is 1.11 bits per heavy atom. The number of nitrogens with one attached hydrogen (secondary N) is 1. The molecule has 0 spiro atoms. The molecule has 0 radical (unpaired) electrons. The summed E-state index contributed by atoms with van der Waals surface area (Å²) in [4.78, 5) is 63.3. The normalized spacial score (nSPS) is 26.8. The van der Waals surface area contributed by atoms with Crippen molar-refractivity contribution in [2.75, 3.05) is 25.2 Å². The largest absolute Gasteiger partial charge is 0.474 e. The molecule has 44 heavy (non-hydrogen) atoms. The zero-order valence-corrected chi connectivity index (χ0v) is 25.1. The average Bonchev–Trinajstić information content (AvgIpc) is 3.73. The van der Waals surface area contributed by atoms with E-state index in [0.29, 0.717) is 0 Å². The number of thiazole rings is 1. The third-order valence-electron chi connectivity index (χ3n) is 6.72. The van der Waals surface area contributed by atoms with Gasteiger partial charge in [0.2, 0.25) is 5.95 Å². The van der Waals surface area contributed by atoms with Crippen LogP contribution < -0.4 is 21.9 Å². The molecule has 0 bridgehead atoms. The quantitative estimate of drug-likeness (QED) is 0.141. The zero-order chi connectivity index (χ0) is 31.4. The summed E-state index contributed by atoms with van der Waals surface area (Å²) in [5, 5.41) is 0. The summed E-state index contributed by atoms with van der Waals surface area (Å²) in [5.74, 6) is -0.0965. The lowest BCUT2D eigenvalue weighted by Gasteiger charge is -2.24. The molecule has 3 unspecified atom stereocenters. The fraction of sp³-hybridized carbons (Fsp3) is 0.500. The molecule has 21 nitrogen and oxygen atoms in total. The highest BCUT2D eigenvalue weighted by atomic mass is 32.1. The van der Waals surface area contributed by atoms with Crippen molar-refractivity contribution in [3.8, 4) is 0 Å². The molecule has 0 amide bonds. The van der Waals surface area contributed by atoms with Crippen molar-refractivity contribution in [3.05, 3.63) is 32.7 Å². The highest BCUT2D eigenvalue weighted by Gasteiger charge is 2.45. The lowest BCUT2D eigenvalue weighted by Crippen LogP contribution is -2.29. The number of phosphoric acid groups is 2. The SMILES string of the molecule is COP(=O)(O)OC[C@@H]1CC(OP(=O)(O)O[C@@H]2CC[C@H](n3cnc4c(=O)[nH]c(N)nc43)O2)[C@H](n2c(=O)sc3c(N)ncnc32)O1. The number of ether oxygens (including phenoxy) is 2. The minimum atomic E-state index is -4.93. The van der Waals surface area contributed by atoms with Gasteiger partial charge >= 0.3 is 20.5 Å². The molecule has 6 rings (SSSR count). The topological polar surface area (TPSA) is 293 Å². The number of aromatic amines is 1. The van der Waals surface area contributed by atoms with Crippen LogP contribution in [0.15, 0.2) is 22.2 Å². The second-order valence-corrected chi connectivity index (χ2v) is 13.5.